The number of esters is 1. The number of phosphoric acid groups is 1. The van der Waals surface area contributed by atoms with Gasteiger partial charge in [0.15, 0.2) is 18.5 Å². The number of phosphoric ester groups is 1. The number of carbonyl (C=O) groups excluding carboxylic acids is 1. The lowest BCUT2D eigenvalue weighted by molar-refractivity contribution is -0.765. The molecule has 0 amide bonds. The van der Waals surface area contributed by atoms with E-state index in [1.54, 1.807) is 6.07 Å². The maximum Gasteiger partial charge on any atom is 0.344 e. The van der Waals surface area contributed by atoms with Gasteiger partial charge in [0, 0.05) is 6.07 Å². The van der Waals surface area contributed by atoms with Crippen molar-refractivity contribution in [3.05, 3.63) is 30.1 Å². The quantitative estimate of drug-likeness (QED) is 0.212. The van der Waals surface area contributed by atoms with Gasteiger partial charge in [-0.2, -0.15) is 4.57 Å². The predicted octanol–water partition coefficient (Wildman–Crippen LogP) is -0.582. The van der Waals surface area contributed by atoms with Crippen LogP contribution in [0, 0.1) is 0 Å². The maximum atomic E-state index is 12.1. The minimum absolute atomic E-state index is 0.235. The molecule has 0 spiro atoms. The molecular weight excluding hydrogens is 381 g/mol. The fourth-order valence-electron chi connectivity index (χ4n) is 2.65. The third kappa shape index (κ3) is 6.32. The van der Waals surface area contributed by atoms with Crippen molar-refractivity contribution < 1.29 is 47.9 Å². The first kappa shape index (κ1) is 21.9. The number of carbonyl (C=O) groups is 1. The number of aliphatic hydroxyl groups is 2. The predicted molar refractivity (Wildman–Crippen MR) is 88.1 cm³/mol. The first-order valence-electron chi connectivity index (χ1n) is 8.61. The number of hydrogen-bond donors (Lipinski definition) is 3. The minimum Gasteiger partial charge on any atom is -0.756 e. The Morgan fingerprint density at radius 1 is 1.37 bits per heavy atom. The van der Waals surface area contributed by atoms with Crippen molar-refractivity contribution in [3.8, 4) is 0 Å². The van der Waals surface area contributed by atoms with Crippen LogP contribution in [-0.2, 0) is 18.6 Å². The molecule has 0 bridgehead atoms. The van der Waals surface area contributed by atoms with Gasteiger partial charge in [-0.3, -0.25) is 4.57 Å². The van der Waals surface area contributed by atoms with Crippen LogP contribution >= 0.6 is 7.82 Å². The standard InChI is InChI=1S/C16H24NO9P/c1-2-3-4-8-24-16(20)11-6-5-7-17(9-11)15-14(19)13(18)12(26-15)10-25-27(21,22)23/h5-7,9,12-15,18-19H,2-4,8,10H2,1H3,(H-,21,22,23)/t12-,13+,14+,15-/m1/s1. The zero-order valence-electron chi connectivity index (χ0n) is 14.8. The number of rotatable bonds is 9. The van der Waals surface area contributed by atoms with Crippen molar-refractivity contribution in [2.45, 2.75) is 50.7 Å². The molecule has 1 aliphatic heterocycles. The van der Waals surface area contributed by atoms with Crippen LogP contribution in [0.5, 0.6) is 0 Å². The second-order valence-electron chi connectivity index (χ2n) is 6.19. The molecule has 1 saturated heterocycles. The minimum atomic E-state index is -4.98. The summed E-state index contributed by atoms with van der Waals surface area (Å²) in [6.45, 7) is 1.68. The Morgan fingerprint density at radius 3 is 2.78 bits per heavy atom. The van der Waals surface area contributed by atoms with Crippen molar-refractivity contribution >= 4 is 13.8 Å². The zero-order valence-corrected chi connectivity index (χ0v) is 15.7. The maximum absolute atomic E-state index is 12.1. The number of pyridine rings is 1. The highest BCUT2D eigenvalue weighted by Crippen LogP contribution is 2.33. The second-order valence-corrected chi connectivity index (χ2v) is 7.39. The van der Waals surface area contributed by atoms with Crippen LogP contribution in [0.2, 0.25) is 0 Å². The summed E-state index contributed by atoms with van der Waals surface area (Å²) in [4.78, 5) is 31.4. The van der Waals surface area contributed by atoms with E-state index in [-0.39, 0.29) is 5.56 Å². The van der Waals surface area contributed by atoms with Crippen LogP contribution in [0.3, 0.4) is 0 Å². The number of unbranched alkanes of at least 4 members (excludes halogenated alkanes) is 2. The molecular formula is C16H24NO9P. The van der Waals surface area contributed by atoms with E-state index in [1.807, 2.05) is 6.92 Å². The molecule has 0 aliphatic carbocycles. The number of aromatic nitrogens is 1. The van der Waals surface area contributed by atoms with Crippen molar-refractivity contribution in [1.82, 2.24) is 0 Å². The Morgan fingerprint density at radius 2 is 2.11 bits per heavy atom. The van der Waals surface area contributed by atoms with Crippen LogP contribution in [0.1, 0.15) is 42.8 Å². The van der Waals surface area contributed by atoms with E-state index in [2.05, 4.69) is 4.52 Å². The highest BCUT2D eigenvalue weighted by Gasteiger charge is 2.48. The summed E-state index contributed by atoms with van der Waals surface area (Å²) in [6.07, 6.45) is 0.534. The molecule has 2 rings (SSSR count). The van der Waals surface area contributed by atoms with Crippen molar-refractivity contribution in [1.29, 1.82) is 0 Å². The Hall–Kier alpha value is -1.39. The largest absolute Gasteiger partial charge is 0.756 e. The molecule has 3 N–H and O–H groups in total. The van der Waals surface area contributed by atoms with E-state index < -0.39 is 44.9 Å². The summed E-state index contributed by atoms with van der Waals surface area (Å²) in [7, 11) is -4.98. The van der Waals surface area contributed by atoms with Gasteiger partial charge in [0.25, 0.3) is 14.1 Å². The average molecular weight is 405 g/mol. The summed E-state index contributed by atoms with van der Waals surface area (Å²) in [6, 6.07) is 3.09. The lowest BCUT2D eigenvalue weighted by Crippen LogP contribution is -2.46. The summed E-state index contributed by atoms with van der Waals surface area (Å²) < 4.78 is 26.9. The number of aliphatic hydroxyl groups excluding tert-OH is 2. The van der Waals surface area contributed by atoms with E-state index in [9.17, 15) is 24.5 Å². The number of nitrogens with zero attached hydrogens (tertiary/aromatic N) is 1. The van der Waals surface area contributed by atoms with Gasteiger partial charge in [0.05, 0.1) is 13.2 Å². The summed E-state index contributed by atoms with van der Waals surface area (Å²) in [5.41, 5.74) is 0.235. The highest BCUT2D eigenvalue weighted by atomic mass is 31.2. The average Bonchev–Trinajstić information content (AvgIpc) is 2.91. The van der Waals surface area contributed by atoms with Crippen LogP contribution in [-0.4, -0.2) is 52.6 Å². The number of ether oxygens (including phenoxy) is 2. The van der Waals surface area contributed by atoms with Gasteiger partial charge in [-0.25, -0.2) is 4.79 Å². The molecule has 0 radical (unpaired) electrons. The van der Waals surface area contributed by atoms with Crippen molar-refractivity contribution in [3.63, 3.8) is 0 Å². The van der Waals surface area contributed by atoms with Crippen LogP contribution in [0.4, 0.5) is 0 Å². The molecule has 27 heavy (non-hydrogen) atoms. The Kier molecular flexibility index (Phi) is 7.87. The van der Waals surface area contributed by atoms with E-state index in [0.717, 1.165) is 19.3 Å². The first-order chi connectivity index (χ1) is 12.7. The Labute approximate surface area is 156 Å². The molecule has 0 saturated carbocycles. The van der Waals surface area contributed by atoms with Gasteiger partial charge in [0.2, 0.25) is 0 Å². The molecule has 5 atom stereocenters. The molecule has 10 nitrogen and oxygen atoms in total. The lowest BCUT2D eigenvalue weighted by atomic mass is 10.1. The fraction of sp³-hybridized carbons (Fsp3) is 0.625. The SMILES string of the molecule is CCCCCOC(=O)c1ccc[n+]([C@@H]2O[C@H](COP(=O)([O-])O)[C@H](O)[C@@H]2O)c1. The molecule has 1 aromatic heterocycles. The molecule has 11 heteroatoms. The third-order valence-electron chi connectivity index (χ3n) is 4.07. The third-order valence-corrected chi connectivity index (χ3v) is 4.55. The summed E-state index contributed by atoms with van der Waals surface area (Å²) >= 11 is 0. The highest BCUT2D eigenvalue weighted by molar-refractivity contribution is 7.44. The lowest BCUT2D eigenvalue weighted by Gasteiger charge is -2.19. The van der Waals surface area contributed by atoms with Crippen LogP contribution < -0.4 is 9.46 Å². The van der Waals surface area contributed by atoms with Gasteiger partial charge in [0.1, 0.15) is 17.8 Å². The Balaban J connectivity index is 2.03. The van der Waals surface area contributed by atoms with Gasteiger partial charge in [-0.1, -0.05) is 19.8 Å². The Bertz CT molecular complexity index is 680. The smallest absolute Gasteiger partial charge is 0.344 e. The van der Waals surface area contributed by atoms with Crippen molar-refractivity contribution in [2.24, 2.45) is 0 Å². The summed E-state index contributed by atoms with van der Waals surface area (Å²) in [5.74, 6) is -0.527. The van der Waals surface area contributed by atoms with E-state index in [0.29, 0.717) is 6.61 Å². The molecule has 1 aliphatic rings. The molecule has 1 aromatic rings. The van der Waals surface area contributed by atoms with Crippen molar-refractivity contribution in [2.75, 3.05) is 13.2 Å². The van der Waals surface area contributed by atoms with Crippen LogP contribution in [0.15, 0.2) is 24.5 Å². The summed E-state index contributed by atoms with van der Waals surface area (Å²) in [5, 5.41) is 20.2. The van der Waals surface area contributed by atoms with Gasteiger partial charge >= 0.3 is 5.97 Å². The second kappa shape index (κ2) is 9.70. The molecule has 152 valence electrons. The van der Waals surface area contributed by atoms with E-state index in [4.69, 9.17) is 14.4 Å². The zero-order chi connectivity index (χ0) is 20.0. The monoisotopic (exact) mass is 405 g/mol. The number of hydrogen-bond acceptors (Lipinski definition) is 8. The normalized spacial score (nSPS) is 27.3. The fourth-order valence-corrected chi connectivity index (χ4v) is 2.99. The topological polar surface area (TPSA) is 149 Å². The van der Waals surface area contributed by atoms with E-state index in [1.165, 1.54) is 23.0 Å². The van der Waals surface area contributed by atoms with Crippen LogP contribution in [0.25, 0.3) is 0 Å². The molecule has 2 heterocycles. The van der Waals surface area contributed by atoms with Gasteiger partial charge in [-0.15, -0.1) is 0 Å². The molecule has 0 aromatic carbocycles. The molecule has 1 fully saturated rings. The molecule has 1 unspecified atom stereocenters. The van der Waals surface area contributed by atoms with Gasteiger partial charge in [-0.05, 0) is 12.5 Å². The van der Waals surface area contributed by atoms with E-state index >= 15 is 0 Å². The first-order valence-corrected chi connectivity index (χ1v) is 10.1. The van der Waals surface area contributed by atoms with Gasteiger partial charge < -0.3 is 34.0 Å².